The highest BCUT2D eigenvalue weighted by Gasteiger charge is 2.09. The number of aromatic nitrogens is 1. The number of hydrogen-bond donors (Lipinski definition) is 1. The summed E-state index contributed by atoms with van der Waals surface area (Å²) in [6.45, 7) is 2.55. The number of carbonyl (C=O) groups is 1. The molecule has 1 amide bonds. The van der Waals surface area contributed by atoms with Gasteiger partial charge in [0.05, 0.1) is 18.7 Å². The van der Waals surface area contributed by atoms with Crippen molar-refractivity contribution in [3.63, 3.8) is 0 Å². The fraction of sp³-hybridized carbons (Fsp3) is 0.200. The number of rotatable bonds is 8. The fourth-order valence-electron chi connectivity index (χ4n) is 2.38. The molecular weight excluding hydrogens is 400 g/mol. The van der Waals surface area contributed by atoms with Crippen molar-refractivity contribution in [1.82, 2.24) is 4.98 Å². The lowest BCUT2D eigenvalue weighted by Crippen LogP contribution is -2.14. The highest BCUT2D eigenvalue weighted by Crippen LogP contribution is 2.27. The van der Waals surface area contributed by atoms with E-state index in [-0.39, 0.29) is 12.3 Å². The smallest absolute Gasteiger partial charge is 0.230 e. The molecule has 1 N–H and O–H groups in total. The number of halogens is 1. The average Bonchev–Trinajstić information content (AvgIpc) is 3.09. The summed E-state index contributed by atoms with van der Waals surface area (Å²) in [5.74, 6) is 1.50. The Balaban J connectivity index is 1.50. The third kappa shape index (κ3) is 6.27. The molecule has 0 spiro atoms. The molecule has 140 valence electrons. The van der Waals surface area contributed by atoms with Crippen LogP contribution in [0.2, 0.25) is 5.02 Å². The van der Waals surface area contributed by atoms with Crippen LogP contribution >= 0.6 is 34.7 Å². The van der Waals surface area contributed by atoms with Crippen LogP contribution < -0.4 is 10.1 Å². The molecule has 3 aromatic rings. The number of carbonyl (C=O) groups excluding carboxylic acids is 1. The molecule has 0 aliphatic rings. The SMILES string of the molecule is CCOc1ccc(NC(=O)Cc2csc(SCc3cccc(Cl)c3)n2)cc1. The van der Waals surface area contributed by atoms with Crippen molar-refractivity contribution < 1.29 is 9.53 Å². The van der Waals surface area contributed by atoms with Gasteiger partial charge in [-0.05, 0) is 48.9 Å². The standard InChI is InChI=1S/C20H19ClN2O2S2/c1-2-25-18-8-6-16(7-9-18)22-19(24)11-17-13-27-20(23-17)26-12-14-4-3-5-15(21)10-14/h3-10,13H,2,11-12H2,1H3,(H,22,24). The van der Waals surface area contributed by atoms with Gasteiger partial charge in [0.25, 0.3) is 0 Å². The van der Waals surface area contributed by atoms with Gasteiger partial charge in [-0.15, -0.1) is 11.3 Å². The van der Waals surface area contributed by atoms with Crippen LogP contribution in [0.15, 0.2) is 58.3 Å². The number of benzene rings is 2. The highest BCUT2D eigenvalue weighted by molar-refractivity contribution is 8.00. The molecule has 1 heterocycles. The Bertz CT molecular complexity index is 897. The zero-order chi connectivity index (χ0) is 19.1. The first-order valence-electron chi connectivity index (χ1n) is 8.46. The van der Waals surface area contributed by atoms with Gasteiger partial charge in [-0.1, -0.05) is 35.5 Å². The van der Waals surface area contributed by atoms with Gasteiger partial charge in [0.2, 0.25) is 5.91 Å². The van der Waals surface area contributed by atoms with Crippen molar-refractivity contribution in [3.8, 4) is 5.75 Å². The number of thiazole rings is 1. The van der Waals surface area contributed by atoms with Gasteiger partial charge in [0, 0.05) is 21.8 Å². The van der Waals surface area contributed by atoms with Crippen molar-refractivity contribution in [3.05, 3.63) is 70.2 Å². The maximum atomic E-state index is 12.2. The number of amides is 1. The summed E-state index contributed by atoms with van der Waals surface area (Å²) in [5.41, 5.74) is 2.67. The number of thioether (sulfide) groups is 1. The van der Waals surface area contributed by atoms with Gasteiger partial charge in [-0.2, -0.15) is 0 Å². The molecule has 0 atom stereocenters. The van der Waals surface area contributed by atoms with E-state index in [1.807, 2.05) is 60.8 Å². The number of nitrogens with one attached hydrogen (secondary N) is 1. The topological polar surface area (TPSA) is 51.2 Å². The van der Waals surface area contributed by atoms with Crippen molar-refractivity contribution in [2.75, 3.05) is 11.9 Å². The van der Waals surface area contributed by atoms with Gasteiger partial charge < -0.3 is 10.1 Å². The van der Waals surface area contributed by atoms with E-state index in [0.717, 1.165) is 37.8 Å². The third-order valence-electron chi connectivity index (χ3n) is 3.57. The first-order chi connectivity index (χ1) is 13.1. The Labute approximate surface area is 171 Å². The number of nitrogens with zero attached hydrogens (tertiary/aromatic N) is 1. The second-order valence-electron chi connectivity index (χ2n) is 5.71. The zero-order valence-electron chi connectivity index (χ0n) is 14.8. The molecule has 4 nitrogen and oxygen atoms in total. The third-order valence-corrected chi connectivity index (χ3v) is 5.95. The summed E-state index contributed by atoms with van der Waals surface area (Å²) in [5, 5.41) is 5.55. The van der Waals surface area contributed by atoms with Gasteiger partial charge in [-0.3, -0.25) is 4.79 Å². The Hall–Kier alpha value is -2.02. The van der Waals surface area contributed by atoms with Gasteiger partial charge in [-0.25, -0.2) is 4.98 Å². The van der Waals surface area contributed by atoms with Crippen molar-refractivity contribution >= 4 is 46.3 Å². The second-order valence-corrected chi connectivity index (χ2v) is 8.22. The molecule has 27 heavy (non-hydrogen) atoms. The predicted molar refractivity (Wildman–Crippen MR) is 113 cm³/mol. The van der Waals surface area contributed by atoms with Crippen LogP contribution in [0.5, 0.6) is 5.75 Å². The molecule has 0 saturated carbocycles. The molecule has 0 saturated heterocycles. The molecule has 0 fully saturated rings. The Morgan fingerprint density at radius 1 is 1.26 bits per heavy atom. The summed E-state index contributed by atoms with van der Waals surface area (Å²) in [6, 6.07) is 15.1. The van der Waals surface area contributed by atoms with Gasteiger partial charge in [0.1, 0.15) is 10.1 Å². The van der Waals surface area contributed by atoms with E-state index in [9.17, 15) is 4.79 Å². The monoisotopic (exact) mass is 418 g/mol. The van der Waals surface area contributed by atoms with Gasteiger partial charge in [0.15, 0.2) is 0 Å². The summed E-state index contributed by atoms with van der Waals surface area (Å²) < 4.78 is 6.34. The number of anilines is 1. The van der Waals surface area contributed by atoms with Crippen LogP contribution in [0.25, 0.3) is 0 Å². The summed E-state index contributed by atoms with van der Waals surface area (Å²) >= 11 is 9.20. The largest absolute Gasteiger partial charge is 0.494 e. The summed E-state index contributed by atoms with van der Waals surface area (Å²) in [6.07, 6.45) is 0.251. The predicted octanol–water partition coefficient (Wildman–Crippen LogP) is 5.67. The first-order valence-corrected chi connectivity index (χ1v) is 10.7. The molecule has 0 radical (unpaired) electrons. The summed E-state index contributed by atoms with van der Waals surface area (Å²) in [4.78, 5) is 16.8. The van der Waals surface area contributed by atoms with E-state index >= 15 is 0 Å². The van der Waals surface area contributed by atoms with Crippen molar-refractivity contribution in [1.29, 1.82) is 0 Å². The Morgan fingerprint density at radius 3 is 2.81 bits per heavy atom. The fourth-order valence-corrected chi connectivity index (χ4v) is 4.38. The van der Waals surface area contributed by atoms with E-state index in [1.165, 1.54) is 0 Å². The van der Waals surface area contributed by atoms with Crippen LogP contribution in [-0.4, -0.2) is 17.5 Å². The molecule has 0 unspecified atom stereocenters. The van der Waals surface area contributed by atoms with Crippen LogP contribution in [0.4, 0.5) is 5.69 Å². The van der Waals surface area contributed by atoms with Crippen LogP contribution in [0.3, 0.4) is 0 Å². The highest BCUT2D eigenvalue weighted by atomic mass is 35.5. The minimum atomic E-state index is -0.0872. The number of ether oxygens (including phenoxy) is 1. The molecule has 7 heteroatoms. The van der Waals surface area contributed by atoms with Crippen molar-refractivity contribution in [2.45, 2.75) is 23.4 Å². The lowest BCUT2D eigenvalue weighted by molar-refractivity contribution is -0.115. The molecule has 1 aromatic heterocycles. The first kappa shape index (κ1) is 19.7. The van der Waals surface area contributed by atoms with Crippen LogP contribution in [0.1, 0.15) is 18.2 Å². The normalized spacial score (nSPS) is 10.6. The zero-order valence-corrected chi connectivity index (χ0v) is 17.2. The van der Waals surface area contributed by atoms with Gasteiger partial charge >= 0.3 is 0 Å². The van der Waals surface area contributed by atoms with Crippen LogP contribution in [0, 0.1) is 0 Å². The maximum Gasteiger partial charge on any atom is 0.230 e. The minimum Gasteiger partial charge on any atom is -0.494 e. The van der Waals surface area contributed by atoms with E-state index in [0.29, 0.717) is 6.61 Å². The second kappa shape index (κ2) is 9.78. The maximum absolute atomic E-state index is 12.2. The quantitative estimate of drug-likeness (QED) is 0.479. The molecule has 2 aromatic carbocycles. The number of hydrogen-bond acceptors (Lipinski definition) is 5. The summed E-state index contributed by atoms with van der Waals surface area (Å²) in [7, 11) is 0. The Kier molecular flexibility index (Phi) is 7.15. The average molecular weight is 419 g/mol. The molecular formula is C20H19ClN2O2S2. The van der Waals surface area contributed by atoms with E-state index in [4.69, 9.17) is 16.3 Å². The molecule has 0 aliphatic heterocycles. The van der Waals surface area contributed by atoms with Crippen molar-refractivity contribution in [2.24, 2.45) is 0 Å². The van der Waals surface area contributed by atoms with E-state index < -0.39 is 0 Å². The molecule has 0 bridgehead atoms. The minimum absolute atomic E-state index is 0.0872. The molecule has 3 rings (SSSR count). The lowest BCUT2D eigenvalue weighted by Gasteiger charge is -2.06. The van der Waals surface area contributed by atoms with E-state index in [1.54, 1.807) is 23.1 Å². The molecule has 0 aliphatic carbocycles. The van der Waals surface area contributed by atoms with E-state index in [2.05, 4.69) is 10.3 Å². The lowest BCUT2D eigenvalue weighted by atomic mass is 10.2. The Morgan fingerprint density at radius 2 is 2.07 bits per heavy atom. The van der Waals surface area contributed by atoms with Crippen LogP contribution in [-0.2, 0) is 17.0 Å².